The first-order valence-corrected chi connectivity index (χ1v) is 10.7. The van der Waals surface area contributed by atoms with Crippen molar-refractivity contribution in [3.8, 4) is 0 Å². The number of ether oxygens (including phenoxy) is 1. The third kappa shape index (κ3) is 3.42. The largest absolute Gasteiger partial charge is 0.378 e. The van der Waals surface area contributed by atoms with Gasteiger partial charge in [0.2, 0.25) is 5.91 Å². The quantitative estimate of drug-likeness (QED) is 0.729. The monoisotopic (exact) mass is 397 g/mol. The molecule has 1 atom stereocenters. The minimum Gasteiger partial charge on any atom is -0.378 e. The van der Waals surface area contributed by atoms with E-state index in [2.05, 4.69) is 22.3 Å². The van der Waals surface area contributed by atoms with E-state index < -0.39 is 0 Å². The Morgan fingerprint density at radius 1 is 1.19 bits per heavy atom. The van der Waals surface area contributed by atoms with E-state index >= 15 is 0 Å². The molecule has 5 nitrogen and oxygen atoms in total. The van der Waals surface area contributed by atoms with E-state index in [1.807, 2.05) is 30.3 Å². The number of carbonyl (C=O) groups is 1. The Labute approximate surface area is 165 Å². The van der Waals surface area contributed by atoms with E-state index in [0.29, 0.717) is 0 Å². The SMILES string of the molecule is O=C(Nc1ccc2nc(N3CCOCC3)sc2c1)[C@H]1Cc2ccccc2S1. The minimum absolute atomic E-state index is 0.0634. The van der Waals surface area contributed by atoms with E-state index in [1.54, 1.807) is 23.1 Å². The molecule has 0 bridgehead atoms. The van der Waals surface area contributed by atoms with Crippen LogP contribution in [0.1, 0.15) is 5.56 Å². The van der Waals surface area contributed by atoms with Crippen molar-refractivity contribution < 1.29 is 9.53 Å². The molecule has 0 saturated carbocycles. The summed E-state index contributed by atoms with van der Waals surface area (Å²) >= 11 is 3.32. The lowest BCUT2D eigenvalue weighted by Gasteiger charge is -2.25. The van der Waals surface area contributed by atoms with Crippen molar-refractivity contribution in [2.45, 2.75) is 16.6 Å². The summed E-state index contributed by atoms with van der Waals surface area (Å²) in [5.74, 6) is 0.0634. The molecule has 0 radical (unpaired) electrons. The van der Waals surface area contributed by atoms with Crippen LogP contribution >= 0.6 is 23.1 Å². The van der Waals surface area contributed by atoms with Crippen LogP contribution in [-0.2, 0) is 16.0 Å². The number of nitrogens with one attached hydrogen (secondary N) is 1. The van der Waals surface area contributed by atoms with Gasteiger partial charge in [0.1, 0.15) is 0 Å². The number of morpholine rings is 1. The molecule has 0 spiro atoms. The fraction of sp³-hybridized carbons (Fsp3) is 0.300. The van der Waals surface area contributed by atoms with Gasteiger partial charge in [-0.25, -0.2) is 4.98 Å². The highest BCUT2D eigenvalue weighted by atomic mass is 32.2. The molecule has 1 aromatic heterocycles. The zero-order valence-corrected chi connectivity index (χ0v) is 16.3. The van der Waals surface area contributed by atoms with Gasteiger partial charge in [-0.2, -0.15) is 0 Å². The summed E-state index contributed by atoms with van der Waals surface area (Å²) in [6.45, 7) is 3.25. The molecule has 5 rings (SSSR count). The molecule has 3 aromatic rings. The number of benzene rings is 2. The van der Waals surface area contributed by atoms with E-state index in [1.165, 1.54) is 10.5 Å². The smallest absolute Gasteiger partial charge is 0.238 e. The van der Waals surface area contributed by atoms with Crippen LogP contribution in [0, 0.1) is 0 Å². The summed E-state index contributed by atoms with van der Waals surface area (Å²) in [7, 11) is 0. The molecule has 0 aliphatic carbocycles. The van der Waals surface area contributed by atoms with Gasteiger partial charge >= 0.3 is 0 Å². The van der Waals surface area contributed by atoms with Crippen molar-refractivity contribution in [3.63, 3.8) is 0 Å². The second-order valence-corrected chi connectivity index (χ2v) is 8.94. The average molecular weight is 398 g/mol. The van der Waals surface area contributed by atoms with Crippen molar-refractivity contribution in [3.05, 3.63) is 48.0 Å². The number of thioether (sulfide) groups is 1. The maximum absolute atomic E-state index is 12.7. The number of amides is 1. The molecule has 2 aromatic carbocycles. The molecule has 0 unspecified atom stereocenters. The van der Waals surface area contributed by atoms with Crippen molar-refractivity contribution >= 4 is 50.0 Å². The summed E-state index contributed by atoms with van der Waals surface area (Å²) in [5.41, 5.74) is 3.07. The van der Waals surface area contributed by atoms with Gasteiger partial charge in [-0.1, -0.05) is 29.5 Å². The van der Waals surface area contributed by atoms with Crippen molar-refractivity contribution in [1.29, 1.82) is 0 Å². The summed E-state index contributed by atoms with van der Waals surface area (Å²) in [6.07, 6.45) is 0.788. The lowest BCUT2D eigenvalue weighted by Crippen LogP contribution is -2.36. The molecule has 7 heteroatoms. The van der Waals surface area contributed by atoms with E-state index in [-0.39, 0.29) is 11.2 Å². The Kier molecular flexibility index (Phi) is 4.51. The van der Waals surface area contributed by atoms with E-state index in [0.717, 1.165) is 53.8 Å². The number of hydrogen-bond acceptors (Lipinski definition) is 6. The van der Waals surface area contributed by atoms with Gasteiger partial charge in [0.25, 0.3) is 0 Å². The number of anilines is 2. The summed E-state index contributed by atoms with van der Waals surface area (Å²) in [5, 5.41) is 4.05. The molecule has 1 fully saturated rings. The first-order chi connectivity index (χ1) is 13.3. The van der Waals surface area contributed by atoms with Gasteiger partial charge in [0, 0.05) is 23.7 Å². The first-order valence-electron chi connectivity index (χ1n) is 9.05. The van der Waals surface area contributed by atoms with Gasteiger partial charge in [0.15, 0.2) is 5.13 Å². The van der Waals surface area contributed by atoms with Crippen LogP contribution in [0.25, 0.3) is 10.2 Å². The van der Waals surface area contributed by atoms with E-state index in [9.17, 15) is 4.79 Å². The van der Waals surface area contributed by atoms with Crippen molar-refractivity contribution in [2.24, 2.45) is 0 Å². The number of aromatic nitrogens is 1. The predicted octanol–water partition coefficient (Wildman–Crippen LogP) is 3.79. The Bertz CT molecular complexity index is 973. The Morgan fingerprint density at radius 2 is 2.04 bits per heavy atom. The standard InChI is InChI=1S/C20H19N3O2S2/c24-19(18-11-13-3-1-2-4-16(13)26-18)21-14-5-6-15-17(12-14)27-20(22-15)23-7-9-25-10-8-23/h1-6,12,18H,7-11H2,(H,21,24)/t18-/m1/s1. The zero-order chi connectivity index (χ0) is 18.2. The molecular formula is C20H19N3O2S2. The normalized spacial score (nSPS) is 19.3. The maximum atomic E-state index is 12.7. The second-order valence-electron chi connectivity index (χ2n) is 6.69. The first kappa shape index (κ1) is 17.0. The summed E-state index contributed by atoms with van der Waals surface area (Å²) in [4.78, 5) is 20.9. The third-order valence-corrected chi connectivity index (χ3v) is 7.26. The molecule has 1 amide bonds. The lowest BCUT2D eigenvalue weighted by molar-refractivity contribution is -0.115. The molecular weight excluding hydrogens is 378 g/mol. The van der Waals surface area contributed by atoms with Crippen LogP contribution in [0.15, 0.2) is 47.4 Å². The van der Waals surface area contributed by atoms with Gasteiger partial charge in [-0.05, 0) is 36.2 Å². The number of thiazole rings is 1. The topological polar surface area (TPSA) is 54.5 Å². The highest BCUT2D eigenvalue weighted by molar-refractivity contribution is 8.01. The summed E-state index contributed by atoms with van der Waals surface area (Å²) < 4.78 is 6.51. The van der Waals surface area contributed by atoms with Crippen LogP contribution < -0.4 is 10.2 Å². The Morgan fingerprint density at radius 3 is 2.89 bits per heavy atom. The fourth-order valence-corrected chi connectivity index (χ4v) is 5.68. The van der Waals surface area contributed by atoms with E-state index in [4.69, 9.17) is 9.72 Å². The molecule has 27 heavy (non-hydrogen) atoms. The van der Waals surface area contributed by atoms with Crippen LogP contribution in [0.4, 0.5) is 10.8 Å². The van der Waals surface area contributed by atoms with Gasteiger partial charge in [0.05, 0.1) is 28.7 Å². The summed E-state index contributed by atoms with van der Waals surface area (Å²) in [6, 6.07) is 14.2. The molecule has 138 valence electrons. The molecule has 2 aliphatic heterocycles. The zero-order valence-electron chi connectivity index (χ0n) is 14.7. The van der Waals surface area contributed by atoms with Gasteiger partial charge in [-0.15, -0.1) is 11.8 Å². The van der Waals surface area contributed by atoms with Crippen LogP contribution in [0.2, 0.25) is 0 Å². The highest BCUT2D eigenvalue weighted by Crippen LogP contribution is 2.37. The maximum Gasteiger partial charge on any atom is 0.238 e. The average Bonchev–Trinajstić information content (AvgIpc) is 3.32. The minimum atomic E-state index is -0.0662. The number of carbonyl (C=O) groups excluding carboxylic acids is 1. The second kappa shape index (κ2) is 7.14. The number of rotatable bonds is 3. The third-order valence-electron chi connectivity index (χ3n) is 4.87. The number of nitrogens with zero attached hydrogens (tertiary/aromatic N) is 2. The predicted molar refractivity (Wildman–Crippen MR) is 111 cm³/mol. The fourth-order valence-electron chi connectivity index (χ4n) is 3.43. The lowest BCUT2D eigenvalue weighted by atomic mass is 10.1. The number of hydrogen-bond donors (Lipinski definition) is 1. The number of fused-ring (bicyclic) bond motifs is 2. The molecule has 2 aliphatic rings. The van der Waals surface area contributed by atoms with Crippen LogP contribution in [0.3, 0.4) is 0 Å². The molecule has 1 saturated heterocycles. The molecule has 3 heterocycles. The molecule has 1 N–H and O–H groups in total. The van der Waals surface area contributed by atoms with Gasteiger partial charge < -0.3 is 15.0 Å². The van der Waals surface area contributed by atoms with Crippen molar-refractivity contribution in [2.75, 3.05) is 36.5 Å². The van der Waals surface area contributed by atoms with Crippen molar-refractivity contribution in [1.82, 2.24) is 4.98 Å². The Hall–Kier alpha value is -2.09. The van der Waals surface area contributed by atoms with Crippen LogP contribution in [0.5, 0.6) is 0 Å². The van der Waals surface area contributed by atoms with Gasteiger partial charge in [-0.3, -0.25) is 4.79 Å². The van der Waals surface area contributed by atoms with Crippen LogP contribution in [-0.4, -0.2) is 42.4 Å². The highest BCUT2D eigenvalue weighted by Gasteiger charge is 2.28. The Balaban J connectivity index is 1.31.